The number of rotatable bonds is 4. The number of carbonyl (C=O) groups excluding carboxylic acids is 2. The molecule has 1 aromatic rings. The number of piperidine rings is 1. The number of ether oxygens (including phenoxy) is 1. The highest BCUT2D eigenvalue weighted by atomic mass is 32.2. The zero-order chi connectivity index (χ0) is 22.1. The molecule has 2 amide bonds. The molecule has 1 aromatic carbocycles. The quantitative estimate of drug-likeness (QED) is 0.781. The summed E-state index contributed by atoms with van der Waals surface area (Å²) in [5.41, 5.74) is 0.799. The summed E-state index contributed by atoms with van der Waals surface area (Å²) in [6.07, 6.45) is 1.93. The van der Waals surface area contributed by atoms with Crippen LogP contribution < -0.4 is 10.2 Å². The molecule has 0 bridgehead atoms. The van der Waals surface area contributed by atoms with E-state index in [0.29, 0.717) is 44.5 Å². The van der Waals surface area contributed by atoms with E-state index in [1.807, 2.05) is 0 Å². The lowest BCUT2D eigenvalue weighted by molar-refractivity contribution is -0.117. The maximum absolute atomic E-state index is 13.2. The van der Waals surface area contributed by atoms with Crippen LogP contribution in [0.5, 0.6) is 0 Å². The van der Waals surface area contributed by atoms with Gasteiger partial charge in [0.15, 0.2) is 0 Å². The monoisotopic (exact) mass is 437 g/mol. The summed E-state index contributed by atoms with van der Waals surface area (Å²) in [6, 6.07) is 4.96. The summed E-state index contributed by atoms with van der Waals surface area (Å²) in [5, 5.41) is 2.82. The molecule has 3 rings (SSSR count). The number of hydrogen-bond donors (Lipinski definition) is 1. The maximum Gasteiger partial charge on any atom is 0.407 e. The van der Waals surface area contributed by atoms with Crippen molar-refractivity contribution < 1.29 is 22.7 Å². The van der Waals surface area contributed by atoms with Gasteiger partial charge in [0, 0.05) is 37.8 Å². The summed E-state index contributed by atoms with van der Waals surface area (Å²) in [6.45, 7) is 8.48. The Balaban J connectivity index is 1.64. The molecule has 166 valence electrons. The Kier molecular flexibility index (Phi) is 6.43. The molecule has 2 aliphatic heterocycles. The van der Waals surface area contributed by atoms with E-state index >= 15 is 0 Å². The summed E-state index contributed by atoms with van der Waals surface area (Å²) < 4.78 is 33.0. The van der Waals surface area contributed by atoms with Crippen LogP contribution in [0.25, 0.3) is 0 Å². The standard InChI is InChI=1S/C21H31N3O5S/c1-15-14-17(24-11-5-6-19(24)25)7-8-18(15)30(27,28)23-12-9-16(10-13-23)22-20(26)29-21(2,3)4/h7-8,14,16H,5-6,9-13H2,1-4H3,(H,22,26). The van der Waals surface area contributed by atoms with Crippen LogP contribution >= 0.6 is 0 Å². The maximum atomic E-state index is 13.2. The molecule has 0 saturated carbocycles. The van der Waals surface area contributed by atoms with E-state index in [2.05, 4.69) is 5.32 Å². The predicted molar refractivity (Wildman–Crippen MR) is 114 cm³/mol. The zero-order valence-electron chi connectivity index (χ0n) is 18.1. The number of hydrogen-bond acceptors (Lipinski definition) is 5. The van der Waals surface area contributed by atoms with E-state index in [1.165, 1.54) is 4.31 Å². The zero-order valence-corrected chi connectivity index (χ0v) is 18.9. The van der Waals surface area contributed by atoms with Gasteiger partial charge in [0.1, 0.15) is 5.60 Å². The normalized spacial score (nSPS) is 19.2. The van der Waals surface area contributed by atoms with Gasteiger partial charge in [-0.15, -0.1) is 0 Å². The lowest BCUT2D eigenvalue weighted by Gasteiger charge is -2.32. The second kappa shape index (κ2) is 8.55. The van der Waals surface area contributed by atoms with Gasteiger partial charge in [-0.25, -0.2) is 13.2 Å². The van der Waals surface area contributed by atoms with Crippen molar-refractivity contribution in [2.75, 3.05) is 24.5 Å². The van der Waals surface area contributed by atoms with Crippen molar-refractivity contribution in [1.29, 1.82) is 0 Å². The van der Waals surface area contributed by atoms with Gasteiger partial charge in [-0.1, -0.05) is 0 Å². The number of anilines is 1. The van der Waals surface area contributed by atoms with Gasteiger partial charge in [0.05, 0.1) is 4.90 Å². The van der Waals surface area contributed by atoms with Gasteiger partial charge in [0.2, 0.25) is 15.9 Å². The van der Waals surface area contributed by atoms with E-state index in [0.717, 1.165) is 12.1 Å². The molecule has 0 aromatic heterocycles. The first-order chi connectivity index (χ1) is 14.0. The average Bonchev–Trinajstić information content (AvgIpc) is 3.06. The number of amides is 2. The second-order valence-corrected chi connectivity index (χ2v) is 10.8. The molecule has 1 N–H and O–H groups in total. The number of benzene rings is 1. The first kappa shape index (κ1) is 22.6. The fourth-order valence-corrected chi connectivity index (χ4v) is 5.54. The van der Waals surface area contributed by atoms with Gasteiger partial charge >= 0.3 is 6.09 Å². The SMILES string of the molecule is Cc1cc(N2CCCC2=O)ccc1S(=O)(=O)N1CCC(NC(=O)OC(C)(C)C)CC1. The molecule has 0 radical (unpaired) electrons. The molecule has 0 aliphatic carbocycles. The van der Waals surface area contributed by atoms with Crippen molar-refractivity contribution >= 4 is 27.7 Å². The van der Waals surface area contributed by atoms with Crippen LogP contribution in [0.1, 0.15) is 52.0 Å². The Morgan fingerprint density at radius 3 is 2.37 bits per heavy atom. The second-order valence-electron chi connectivity index (χ2n) is 8.92. The highest BCUT2D eigenvalue weighted by molar-refractivity contribution is 7.89. The first-order valence-electron chi connectivity index (χ1n) is 10.4. The minimum Gasteiger partial charge on any atom is -0.444 e. The van der Waals surface area contributed by atoms with E-state index in [-0.39, 0.29) is 16.8 Å². The predicted octanol–water partition coefficient (Wildman–Crippen LogP) is 2.80. The van der Waals surface area contributed by atoms with E-state index in [1.54, 1.807) is 50.8 Å². The lowest BCUT2D eigenvalue weighted by Crippen LogP contribution is -2.47. The number of nitrogens with zero attached hydrogens (tertiary/aromatic N) is 2. The summed E-state index contributed by atoms with van der Waals surface area (Å²) in [7, 11) is -3.64. The Morgan fingerprint density at radius 2 is 1.83 bits per heavy atom. The topological polar surface area (TPSA) is 96.0 Å². The van der Waals surface area contributed by atoms with Gasteiger partial charge in [0.25, 0.3) is 0 Å². The van der Waals surface area contributed by atoms with Crippen molar-refractivity contribution in [2.45, 2.75) is 69.9 Å². The molecule has 2 fully saturated rings. The first-order valence-corrected chi connectivity index (χ1v) is 11.8. The highest BCUT2D eigenvalue weighted by Crippen LogP contribution is 2.29. The molecule has 2 aliphatic rings. The highest BCUT2D eigenvalue weighted by Gasteiger charge is 2.32. The molecule has 0 spiro atoms. The van der Waals surface area contributed by atoms with Gasteiger partial charge < -0.3 is 15.0 Å². The minimum absolute atomic E-state index is 0.0737. The molecule has 2 saturated heterocycles. The van der Waals surface area contributed by atoms with E-state index in [4.69, 9.17) is 4.74 Å². The third-order valence-electron chi connectivity index (χ3n) is 5.34. The average molecular weight is 438 g/mol. The Morgan fingerprint density at radius 1 is 1.17 bits per heavy atom. The molecule has 30 heavy (non-hydrogen) atoms. The van der Waals surface area contributed by atoms with Crippen molar-refractivity contribution in [3.63, 3.8) is 0 Å². The third-order valence-corrected chi connectivity index (χ3v) is 7.40. The Labute approximate surface area is 178 Å². The largest absolute Gasteiger partial charge is 0.444 e. The van der Waals surface area contributed by atoms with E-state index < -0.39 is 21.7 Å². The molecule has 0 atom stereocenters. The number of alkyl carbamates (subject to hydrolysis) is 1. The van der Waals surface area contributed by atoms with Gasteiger partial charge in [-0.3, -0.25) is 4.79 Å². The van der Waals surface area contributed by atoms with Crippen molar-refractivity contribution in [3.8, 4) is 0 Å². The van der Waals surface area contributed by atoms with Crippen LogP contribution in [0.2, 0.25) is 0 Å². The van der Waals surface area contributed by atoms with Crippen LogP contribution in [-0.2, 0) is 19.6 Å². The lowest BCUT2D eigenvalue weighted by atomic mass is 10.1. The number of sulfonamides is 1. The Hall–Kier alpha value is -2.13. The fraction of sp³-hybridized carbons (Fsp3) is 0.619. The van der Waals surface area contributed by atoms with Gasteiger partial charge in [-0.2, -0.15) is 4.31 Å². The van der Waals surface area contributed by atoms with Crippen LogP contribution in [0.3, 0.4) is 0 Å². The third kappa shape index (κ3) is 5.13. The molecule has 9 heteroatoms. The van der Waals surface area contributed by atoms with Crippen LogP contribution in [0.15, 0.2) is 23.1 Å². The number of carbonyl (C=O) groups is 2. The molecular formula is C21H31N3O5S. The van der Waals surface area contributed by atoms with Crippen LogP contribution in [0, 0.1) is 6.92 Å². The molecular weight excluding hydrogens is 406 g/mol. The van der Waals surface area contributed by atoms with Crippen molar-refractivity contribution in [2.24, 2.45) is 0 Å². The van der Waals surface area contributed by atoms with E-state index in [9.17, 15) is 18.0 Å². The molecule has 2 heterocycles. The Bertz CT molecular complexity index is 915. The van der Waals surface area contributed by atoms with Crippen LogP contribution in [-0.4, -0.2) is 56.0 Å². The van der Waals surface area contributed by atoms with Gasteiger partial charge in [-0.05, 0) is 70.7 Å². The minimum atomic E-state index is -3.64. The number of nitrogens with one attached hydrogen (secondary N) is 1. The summed E-state index contributed by atoms with van der Waals surface area (Å²) >= 11 is 0. The van der Waals surface area contributed by atoms with Crippen molar-refractivity contribution in [1.82, 2.24) is 9.62 Å². The fourth-order valence-electron chi connectivity index (χ4n) is 3.87. The molecule has 8 nitrogen and oxygen atoms in total. The summed E-state index contributed by atoms with van der Waals surface area (Å²) in [4.78, 5) is 25.9. The van der Waals surface area contributed by atoms with Crippen LogP contribution in [0.4, 0.5) is 10.5 Å². The van der Waals surface area contributed by atoms with Crippen molar-refractivity contribution in [3.05, 3.63) is 23.8 Å². The summed E-state index contributed by atoms with van der Waals surface area (Å²) in [5.74, 6) is 0.0737. The smallest absolute Gasteiger partial charge is 0.407 e. The molecule has 0 unspecified atom stereocenters. The number of aryl methyl sites for hydroxylation is 1.